The maximum Gasteiger partial charge on any atom is 0.145 e. The van der Waals surface area contributed by atoms with Crippen LogP contribution in [-0.4, -0.2) is 9.55 Å². The number of hydrogen-bond acceptors (Lipinski definition) is 1. The molecule has 0 aliphatic heterocycles. The number of aromatic nitrogens is 2. The Morgan fingerprint density at radius 2 is 0.849 bits per heavy atom. The monoisotopic (exact) mass is 674 g/mol. The number of fused-ring (bicyclic) bond motifs is 4. The summed E-state index contributed by atoms with van der Waals surface area (Å²) in [4.78, 5) is 5.68. The summed E-state index contributed by atoms with van der Waals surface area (Å²) >= 11 is 0. The molecule has 9 aromatic carbocycles. The van der Waals surface area contributed by atoms with Gasteiger partial charge in [0.05, 0.1) is 11.0 Å². The minimum Gasteiger partial charge on any atom is -0.292 e. The Labute approximate surface area is 308 Å². The highest BCUT2D eigenvalue weighted by atomic mass is 15.1. The lowest BCUT2D eigenvalue weighted by atomic mass is 9.89. The fourth-order valence-corrected chi connectivity index (χ4v) is 7.80. The van der Waals surface area contributed by atoms with Crippen LogP contribution in [0.2, 0.25) is 0 Å². The fraction of sp³-hybridized carbons (Fsp3) is 0. The fourth-order valence-electron chi connectivity index (χ4n) is 7.80. The first-order chi connectivity index (χ1) is 26.3. The third kappa shape index (κ3) is 5.49. The maximum absolute atomic E-state index is 5.68. The average molecular weight is 675 g/mol. The van der Waals surface area contributed by atoms with Crippen LogP contribution in [0.1, 0.15) is 11.1 Å². The molecule has 0 aliphatic rings. The summed E-state index contributed by atoms with van der Waals surface area (Å²) in [5.74, 6) is 0.907. The molecule has 0 bridgehead atoms. The second kappa shape index (κ2) is 12.9. The van der Waals surface area contributed by atoms with Gasteiger partial charge in [0.2, 0.25) is 0 Å². The van der Waals surface area contributed by atoms with Gasteiger partial charge in [0.1, 0.15) is 5.82 Å². The molecular weight excluding hydrogens is 641 g/mol. The molecule has 1 aromatic heterocycles. The Balaban J connectivity index is 1.30. The van der Waals surface area contributed by atoms with Crippen LogP contribution in [0.15, 0.2) is 194 Å². The summed E-state index contributed by atoms with van der Waals surface area (Å²) in [5.41, 5.74) is 11.2. The van der Waals surface area contributed by atoms with E-state index in [0.29, 0.717) is 0 Å². The van der Waals surface area contributed by atoms with Crippen LogP contribution in [0, 0.1) is 0 Å². The Hall–Kier alpha value is -7.03. The number of rotatable bonds is 6. The summed E-state index contributed by atoms with van der Waals surface area (Å²) in [6.07, 6.45) is 4.33. The van der Waals surface area contributed by atoms with Gasteiger partial charge in [-0.05, 0) is 78.8 Å². The molecule has 1 heterocycles. The third-order valence-corrected chi connectivity index (χ3v) is 10.3. The highest BCUT2D eigenvalue weighted by Gasteiger charge is 2.25. The molecule has 0 unspecified atom stereocenters. The van der Waals surface area contributed by atoms with E-state index in [9.17, 15) is 0 Å². The van der Waals surface area contributed by atoms with E-state index in [1.807, 2.05) is 6.07 Å². The minimum atomic E-state index is 0.907. The number of nitrogens with zero attached hydrogens (tertiary/aromatic N) is 2. The van der Waals surface area contributed by atoms with Crippen molar-refractivity contribution in [1.82, 2.24) is 9.55 Å². The largest absolute Gasteiger partial charge is 0.292 e. The zero-order valence-corrected chi connectivity index (χ0v) is 29.0. The van der Waals surface area contributed by atoms with Crippen LogP contribution >= 0.6 is 0 Å². The van der Waals surface area contributed by atoms with E-state index < -0.39 is 0 Å². The Kier molecular flexibility index (Phi) is 7.51. The lowest BCUT2D eigenvalue weighted by Gasteiger charge is -2.18. The highest BCUT2D eigenvalue weighted by Crippen LogP contribution is 2.46. The van der Waals surface area contributed by atoms with Crippen molar-refractivity contribution in [2.75, 3.05) is 0 Å². The van der Waals surface area contributed by atoms with Crippen molar-refractivity contribution in [1.29, 1.82) is 0 Å². The second-order valence-electron chi connectivity index (χ2n) is 13.6. The molecule has 0 amide bonds. The average Bonchev–Trinajstić information content (AvgIpc) is 3.62. The van der Waals surface area contributed by atoms with Crippen molar-refractivity contribution >= 4 is 55.5 Å². The first-order valence-corrected chi connectivity index (χ1v) is 18.1. The van der Waals surface area contributed by atoms with Gasteiger partial charge in [-0.3, -0.25) is 4.57 Å². The van der Waals surface area contributed by atoms with Gasteiger partial charge in [-0.1, -0.05) is 182 Å². The molecule has 0 aliphatic carbocycles. The standard InChI is InChI=1S/C51H34N2/c1-3-13-35(14-4-1)23-24-36-25-27-39(28-26-36)51-52-49-47(42-31-29-37-15-7-9-17-40(37)33-42)45-21-11-12-22-46(45)48(50(49)53(51)44-19-5-2-6-20-44)43-32-30-38-16-8-10-18-41(38)34-43/h1-34H. The van der Waals surface area contributed by atoms with Crippen LogP contribution in [0.3, 0.4) is 0 Å². The summed E-state index contributed by atoms with van der Waals surface area (Å²) < 4.78 is 2.38. The van der Waals surface area contributed by atoms with Crippen LogP contribution in [-0.2, 0) is 0 Å². The maximum atomic E-state index is 5.68. The van der Waals surface area contributed by atoms with Crippen molar-refractivity contribution in [3.8, 4) is 39.3 Å². The van der Waals surface area contributed by atoms with Crippen LogP contribution in [0.5, 0.6) is 0 Å². The number of imidazole rings is 1. The SMILES string of the molecule is C(=Cc1ccc(-c2nc3c(-c4ccc5ccccc5c4)c4ccccc4c(-c4ccc5ccccc5c4)c3n2-c2ccccc2)cc1)c1ccccc1. The molecule has 0 atom stereocenters. The van der Waals surface area contributed by atoms with Gasteiger partial charge in [0.15, 0.2) is 0 Å². The number of hydrogen-bond donors (Lipinski definition) is 0. The number of benzene rings is 9. The lowest BCUT2D eigenvalue weighted by molar-refractivity contribution is 1.10. The van der Waals surface area contributed by atoms with Gasteiger partial charge in [0, 0.05) is 22.4 Å². The molecule has 0 N–H and O–H groups in total. The van der Waals surface area contributed by atoms with Crippen molar-refractivity contribution in [3.63, 3.8) is 0 Å². The summed E-state index contributed by atoms with van der Waals surface area (Å²) in [7, 11) is 0. The van der Waals surface area contributed by atoms with E-state index in [0.717, 1.165) is 44.8 Å². The molecule has 0 spiro atoms. The van der Waals surface area contributed by atoms with Crippen molar-refractivity contribution in [3.05, 3.63) is 205 Å². The molecule has 0 fully saturated rings. The molecule has 53 heavy (non-hydrogen) atoms. The highest BCUT2D eigenvalue weighted by molar-refractivity contribution is 6.21. The van der Waals surface area contributed by atoms with E-state index >= 15 is 0 Å². The van der Waals surface area contributed by atoms with E-state index in [4.69, 9.17) is 4.98 Å². The smallest absolute Gasteiger partial charge is 0.145 e. The second-order valence-corrected chi connectivity index (χ2v) is 13.6. The molecule has 2 heteroatoms. The summed E-state index contributed by atoms with van der Waals surface area (Å²) in [6, 6.07) is 69.6. The third-order valence-electron chi connectivity index (χ3n) is 10.3. The predicted octanol–water partition coefficient (Wildman–Crippen LogP) is 13.7. The minimum absolute atomic E-state index is 0.907. The first kappa shape index (κ1) is 30.8. The van der Waals surface area contributed by atoms with Gasteiger partial charge in [-0.2, -0.15) is 0 Å². The van der Waals surface area contributed by atoms with E-state index in [2.05, 4.69) is 205 Å². The summed E-state index contributed by atoms with van der Waals surface area (Å²) in [6.45, 7) is 0. The van der Waals surface area contributed by atoms with Crippen molar-refractivity contribution in [2.24, 2.45) is 0 Å². The molecule has 0 radical (unpaired) electrons. The van der Waals surface area contributed by atoms with Gasteiger partial charge in [0.25, 0.3) is 0 Å². The van der Waals surface area contributed by atoms with Crippen molar-refractivity contribution in [2.45, 2.75) is 0 Å². The Morgan fingerprint density at radius 3 is 1.47 bits per heavy atom. The molecule has 0 saturated carbocycles. The molecule has 10 rings (SSSR count). The zero-order chi connectivity index (χ0) is 35.1. The number of para-hydroxylation sites is 1. The molecule has 2 nitrogen and oxygen atoms in total. The quantitative estimate of drug-likeness (QED) is 0.161. The zero-order valence-electron chi connectivity index (χ0n) is 29.0. The molecule has 10 aromatic rings. The molecular formula is C51H34N2. The van der Waals surface area contributed by atoms with E-state index in [1.165, 1.54) is 49.0 Å². The normalized spacial score (nSPS) is 11.7. The van der Waals surface area contributed by atoms with Gasteiger partial charge in [-0.25, -0.2) is 4.98 Å². The van der Waals surface area contributed by atoms with Gasteiger partial charge in [-0.15, -0.1) is 0 Å². The summed E-state index contributed by atoms with van der Waals surface area (Å²) in [5, 5.41) is 7.26. The van der Waals surface area contributed by atoms with Gasteiger partial charge >= 0.3 is 0 Å². The van der Waals surface area contributed by atoms with Crippen LogP contribution in [0.25, 0.3) is 94.8 Å². The Bertz CT molecular complexity index is 2970. The Morgan fingerprint density at radius 1 is 0.377 bits per heavy atom. The molecule has 0 saturated heterocycles. The van der Waals surface area contributed by atoms with Gasteiger partial charge < -0.3 is 0 Å². The van der Waals surface area contributed by atoms with Crippen LogP contribution in [0.4, 0.5) is 0 Å². The topological polar surface area (TPSA) is 17.8 Å². The molecule has 248 valence electrons. The van der Waals surface area contributed by atoms with Crippen molar-refractivity contribution < 1.29 is 0 Å². The van der Waals surface area contributed by atoms with Crippen LogP contribution < -0.4 is 0 Å². The van der Waals surface area contributed by atoms with E-state index in [-0.39, 0.29) is 0 Å². The predicted molar refractivity (Wildman–Crippen MR) is 225 cm³/mol. The lowest BCUT2D eigenvalue weighted by Crippen LogP contribution is -1.99. The van der Waals surface area contributed by atoms with E-state index in [1.54, 1.807) is 0 Å². The first-order valence-electron chi connectivity index (χ1n) is 18.1.